The van der Waals surface area contributed by atoms with Gasteiger partial charge in [-0.2, -0.15) is 4.98 Å². The van der Waals surface area contributed by atoms with Crippen LogP contribution < -0.4 is 15.0 Å². The number of methoxy groups -OCH3 is 1. The Bertz CT molecular complexity index is 852. The van der Waals surface area contributed by atoms with E-state index in [-0.39, 0.29) is 6.04 Å². The predicted octanol–water partition coefficient (Wildman–Crippen LogP) is 4.51. The molecule has 140 valence electrons. The standard InChI is InChI=1S/C22H26N4O/c1-17(2)26(16-18-9-5-4-6-10-18)22-23-14-13-21(25-22)24-15-19-11-7-8-12-20(19)27-3/h4-14,17H,15-16H2,1-3H3,(H,23,24,25). The second-order valence-electron chi connectivity index (χ2n) is 6.61. The van der Waals surface area contributed by atoms with E-state index in [1.165, 1.54) is 5.56 Å². The maximum atomic E-state index is 5.41. The third-order valence-electron chi connectivity index (χ3n) is 4.37. The fourth-order valence-corrected chi connectivity index (χ4v) is 2.88. The van der Waals surface area contributed by atoms with Crippen molar-refractivity contribution >= 4 is 11.8 Å². The summed E-state index contributed by atoms with van der Waals surface area (Å²) >= 11 is 0. The number of para-hydroxylation sites is 1. The Hall–Kier alpha value is -3.08. The van der Waals surface area contributed by atoms with Gasteiger partial charge in [-0.3, -0.25) is 0 Å². The first-order chi connectivity index (χ1) is 13.2. The van der Waals surface area contributed by atoms with Crippen LogP contribution in [-0.2, 0) is 13.1 Å². The Morgan fingerprint density at radius 1 is 1.00 bits per heavy atom. The Labute approximate surface area is 161 Å². The average molecular weight is 362 g/mol. The van der Waals surface area contributed by atoms with Gasteiger partial charge in [-0.25, -0.2) is 4.98 Å². The highest BCUT2D eigenvalue weighted by molar-refractivity contribution is 5.44. The molecule has 0 bridgehead atoms. The van der Waals surface area contributed by atoms with E-state index in [9.17, 15) is 0 Å². The van der Waals surface area contributed by atoms with Crippen molar-refractivity contribution in [2.45, 2.75) is 33.0 Å². The van der Waals surface area contributed by atoms with Gasteiger partial charge in [0.1, 0.15) is 11.6 Å². The van der Waals surface area contributed by atoms with Crippen molar-refractivity contribution in [1.82, 2.24) is 9.97 Å². The second-order valence-corrected chi connectivity index (χ2v) is 6.61. The molecule has 1 N–H and O–H groups in total. The summed E-state index contributed by atoms with van der Waals surface area (Å²) in [6.45, 7) is 5.72. The average Bonchev–Trinajstić information content (AvgIpc) is 2.71. The quantitative estimate of drug-likeness (QED) is 0.639. The molecule has 0 spiro atoms. The first kappa shape index (κ1) is 18.7. The van der Waals surface area contributed by atoms with Gasteiger partial charge >= 0.3 is 0 Å². The van der Waals surface area contributed by atoms with Gasteiger partial charge in [-0.15, -0.1) is 0 Å². The van der Waals surface area contributed by atoms with Gasteiger partial charge in [0.2, 0.25) is 5.95 Å². The summed E-state index contributed by atoms with van der Waals surface area (Å²) in [6.07, 6.45) is 1.80. The first-order valence-corrected chi connectivity index (χ1v) is 9.16. The summed E-state index contributed by atoms with van der Waals surface area (Å²) in [4.78, 5) is 11.4. The summed E-state index contributed by atoms with van der Waals surface area (Å²) in [5, 5.41) is 3.38. The topological polar surface area (TPSA) is 50.3 Å². The molecule has 3 aromatic rings. The van der Waals surface area contributed by atoms with Crippen LogP contribution in [0.15, 0.2) is 66.9 Å². The number of nitrogens with zero attached hydrogens (tertiary/aromatic N) is 3. The molecule has 1 aromatic heterocycles. The van der Waals surface area contributed by atoms with Gasteiger partial charge < -0.3 is 15.0 Å². The molecule has 0 amide bonds. The van der Waals surface area contributed by atoms with Crippen LogP contribution >= 0.6 is 0 Å². The van der Waals surface area contributed by atoms with Gasteiger partial charge in [0.05, 0.1) is 7.11 Å². The Balaban J connectivity index is 1.75. The number of aromatic nitrogens is 2. The van der Waals surface area contributed by atoms with Gasteiger partial charge in [-0.05, 0) is 31.5 Å². The fraction of sp³-hybridized carbons (Fsp3) is 0.273. The lowest BCUT2D eigenvalue weighted by molar-refractivity contribution is 0.410. The van der Waals surface area contributed by atoms with Crippen LogP contribution in [0.4, 0.5) is 11.8 Å². The van der Waals surface area contributed by atoms with Crippen molar-refractivity contribution in [3.63, 3.8) is 0 Å². The van der Waals surface area contributed by atoms with E-state index < -0.39 is 0 Å². The molecule has 3 rings (SSSR count). The van der Waals surface area contributed by atoms with Crippen LogP contribution in [0.3, 0.4) is 0 Å². The minimum absolute atomic E-state index is 0.287. The summed E-state index contributed by atoms with van der Waals surface area (Å²) in [5.41, 5.74) is 2.33. The third kappa shape index (κ3) is 4.97. The fourth-order valence-electron chi connectivity index (χ4n) is 2.88. The minimum Gasteiger partial charge on any atom is -0.496 e. The molecule has 1 heterocycles. The molecule has 0 aliphatic carbocycles. The lowest BCUT2D eigenvalue weighted by atomic mass is 10.2. The molecule has 27 heavy (non-hydrogen) atoms. The van der Waals surface area contributed by atoms with Gasteiger partial charge in [0.15, 0.2) is 0 Å². The SMILES string of the molecule is COc1ccccc1CNc1ccnc(N(Cc2ccccc2)C(C)C)n1. The van der Waals surface area contributed by atoms with Gasteiger partial charge in [-0.1, -0.05) is 48.5 Å². The van der Waals surface area contributed by atoms with E-state index in [0.717, 1.165) is 29.6 Å². The molecule has 5 nitrogen and oxygen atoms in total. The number of nitrogens with one attached hydrogen (secondary N) is 1. The normalized spacial score (nSPS) is 10.7. The molecule has 0 radical (unpaired) electrons. The third-order valence-corrected chi connectivity index (χ3v) is 4.37. The number of hydrogen-bond donors (Lipinski definition) is 1. The molecule has 5 heteroatoms. The van der Waals surface area contributed by atoms with Crippen molar-refractivity contribution in [3.05, 3.63) is 78.0 Å². The molecule has 0 aliphatic rings. The monoisotopic (exact) mass is 362 g/mol. The zero-order valence-electron chi connectivity index (χ0n) is 16.1. The minimum atomic E-state index is 0.287. The van der Waals surface area contributed by atoms with Crippen LogP contribution in [-0.4, -0.2) is 23.1 Å². The number of rotatable bonds is 8. The summed E-state index contributed by atoms with van der Waals surface area (Å²) in [5.74, 6) is 2.38. The van der Waals surface area contributed by atoms with Crippen LogP contribution in [0, 0.1) is 0 Å². The summed E-state index contributed by atoms with van der Waals surface area (Å²) in [7, 11) is 1.69. The second kappa shape index (κ2) is 9.03. The maximum absolute atomic E-state index is 5.41. The molecule has 0 fully saturated rings. The lowest BCUT2D eigenvalue weighted by Gasteiger charge is -2.27. The van der Waals surface area contributed by atoms with Crippen LogP contribution in [0.1, 0.15) is 25.0 Å². The molecule has 2 aromatic carbocycles. The first-order valence-electron chi connectivity index (χ1n) is 9.16. The summed E-state index contributed by atoms with van der Waals surface area (Å²) in [6, 6.07) is 20.5. The summed E-state index contributed by atoms with van der Waals surface area (Å²) < 4.78 is 5.41. The van der Waals surface area contributed by atoms with E-state index in [1.54, 1.807) is 13.3 Å². The maximum Gasteiger partial charge on any atom is 0.227 e. The molecule has 0 unspecified atom stereocenters. The predicted molar refractivity (Wildman–Crippen MR) is 110 cm³/mol. The van der Waals surface area contributed by atoms with E-state index in [0.29, 0.717) is 6.54 Å². The van der Waals surface area contributed by atoms with Crippen LogP contribution in [0.5, 0.6) is 5.75 Å². The van der Waals surface area contributed by atoms with Crippen molar-refractivity contribution < 1.29 is 4.74 Å². The molecule has 0 aliphatic heterocycles. The largest absolute Gasteiger partial charge is 0.496 e. The highest BCUT2D eigenvalue weighted by atomic mass is 16.5. The van der Waals surface area contributed by atoms with Gasteiger partial charge in [0, 0.05) is 30.9 Å². The zero-order chi connectivity index (χ0) is 19.1. The Kier molecular flexibility index (Phi) is 6.26. The van der Waals surface area contributed by atoms with Gasteiger partial charge in [0.25, 0.3) is 0 Å². The Morgan fingerprint density at radius 3 is 2.48 bits per heavy atom. The van der Waals surface area contributed by atoms with E-state index in [2.05, 4.69) is 53.3 Å². The molecular formula is C22H26N4O. The van der Waals surface area contributed by atoms with Crippen molar-refractivity contribution in [3.8, 4) is 5.75 Å². The smallest absolute Gasteiger partial charge is 0.227 e. The van der Waals surface area contributed by atoms with E-state index in [1.807, 2.05) is 36.4 Å². The van der Waals surface area contributed by atoms with Crippen LogP contribution in [0.25, 0.3) is 0 Å². The Morgan fingerprint density at radius 2 is 1.74 bits per heavy atom. The van der Waals surface area contributed by atoms with E-state index >= 15 is 0 Å². The van der Waals surface area contributed by atoms with Crippen molar-refractivity contribution in [1.29, 1.82) is 0 Å². The molecule has 0 atom stereocenters. The number of hydrogen-bond acceptors (Lipinski definition) is 5. The van der Waals surface area contributed by atoms with Crippen molar-refractivity contribution in [2.24, 2.45) is 0 Å². The van der Waals surface area contributed by atoms with E-state index in [4.69, 9.17) is 9.72 Å². The number of anilines is 2. The molecule has 0 saturated heterocycles. The lowest BCUT2D eigenvalue weighted by Crippen LogP contribution is -2.31. The van der Waals surface area contributed by atoms with Crippen molar-refractivity contribution in [2.75, 3.05) is 17.3 Å². The zero-order valence-corrected chi connectivity index (χ0v) is 16.1. The molecular weight excluding hydrogens is 336 g/mol. The molecule has 0 saturated carbocycles. The number of ether oxygens (including phenoxy) is 1. The van der Waals surface area contributed by atoms with Crippen LogP contribution in [0.2, 0.25) is 0 Å². The highest BCUT2D eigenvalue weighted by Crippen LogP contribution is 2.20. The highest BCUT2D eigenvalue weighted by Gasteiger charge is 2.14. The number of benzene rings is 2.